The average Bonchev–Trinajstić information content (AvgIpc) is 3.09. The predicted molar refractivity (Wildman–Crippen MR) is 125 cm³/mol. The molecule has 3 aromatic rings. The first-order valence-electron chi connectivity index (χ1n) is 11.4. The molecular weight excluding hydrogens is 404 g/mol. The van der Waals surface area contributed by atoms with Crippen LogP contribution in [0.2, 0.25) is 0 Å². The maximum absolute atomic E-state index is 13.1. The number of hydrogen-bond acceptors (Lipinski definition) is 5. The van der Waals surface area contributed by atoms with Crippen molar-refractivity contribution in [3.63, 3.8) is 0 Å². The van der Waals surface area contributed by atoms with Crippen molar-refractivity contribution < 1.29 is 14.3 Å². The van der Waals surface area contributed by atoms with Gasteiger partial charge < -0.3 is 18.8 Å². The number of rotatable bonds is 7. The maximum Gasteiger partial charge on any atom is 0.254 e. The quantitative estimate of drug-likeness (QED) is 0.565. The summed E-state index contributed by atoms with van der Waals surface area (Å²) in [5.41, 5.74) is 5.12. The number of benzene rings is 1. The Morgan fingerprint density at radius 3 is 2.41 bits per heavy atom. The molecule has 1 amide bonds. The van der Waals surface area contributed by atoms with Gasteiger partial charge in [-0.05, 0) is 63.6 Å². The van der Waals surface area contributed by atoms with Crippen molar-refractivity contribution in [1.82, 2.24) is 19.2 Å². The summed E-state index contributed by atoms with van der Waals surface area (Å²) in [6.45, 7) is 13.0. The molecule has 0 radical (unpaired) electrons. The zero-order chi connectivity index (χ0) is 22.7. The molecule has 170 valence electrons. The third-order valence-electron chi connectivity index (χ3n) is 5.90. The maximum atomic E-state index is 13.1. The number of ether oxygens (including phenoxy) is 2. The normalized spacial score (nSPS) is 14.7. The topological polar surface area (TPSA) is 59.3 Å². The third-order valence-corrected chi connectivity index (χ3v) is 5.90. The van der Waals surface area contributed by atoms with Gasteiger partial charge in [0.15, 0.2) is 11.5 Å². The Bertz CT molecular complexity index is 1100. The van der Waals surface area contributed by atoms with Crippen LogP contribution in [0.3, 0.4) is 0 Å². The van der Waals surface area contributed by atoms with Crippen molar-refractivity contribution in [2.24, 2.45) is 0 Å². The first kappa shape index (κ1) is 22.1. The molecule has 0 bridgehead atoms. The van der Waals surface area contributed by atoms with Crippen LogP contribution in [0.5, 0.6) is 11.5 Å². The van der Waals surface area contributed by atoms with Crippen molar-refractivity contribution in [3.05, 3.63) is 59.0 Å². The van der Waals surface area contributed by atoms with E-state index in [2.05, 4.69) is 41.5 Å². The van der Waals surface area contributed by atoms with E-state index >= 15 is 0 Å². The molecular formula is C25H32N4O3. The molecule has 1 fully saturated rings. The number of imidazole rings is 1. The minimum Gasteiger partial charge on any atom is -0.490 e. The second kappa shape index (κ2) is 9.61. The molecule has 3 heterocycles. The number of carbonyl (C=O) groups excluding carboxylic acids is 1. The molecule has 1 aliphatic rings. The fourth-order valence-electron chi connectivity index (χ4n) is 4.19. The summed E-state index contributed by atoms with van der Waals surface area (Å²) >= 11 is 0. The fraction of sp³-hybridized carbons (Fsp3) is 0.440. The van der Waals surface area contributed by atoms with E-state index in [-0.39, 0.29) is 5.91 Å². The largest absolute Gasteiger partial charge is 0.490 e. The lowest BCUT2D eigenvalue weighted by atomic mass is 10.1. The highest BCUT2D eigenvalue weighted by Gasteiger charge is 2.24. The van der Waals surface area contributed by atoms with Crippen LogP contribution in [0.1, 0.15) is 41.2 Å². The average molecular weight is 437 g/mol. The second-order valence-corrected chi connectivity index (χ2v) is 8.17. The summed E-state index contributed by atoms with van der Waals surface area (Å²) in [7, 11) is 0. The third kappa shape index (κ3) is 4.58. The zero-order valence-electron chi connectivity index (χ0n) is 19.4. The summed E-state index contributed by atoms with van der Waals surface area (Å²) < 4.78 is 13.5. The number of nitrogens with zero attached hydrogens (tertiary/aromatic N) is 4. The molecule has 0 aliphatic carbocycles. The molecule has 1 aromatic carbocycles. The van der Waals surface area contributed by atoms with Crippen LogP contribution >= 0.6 is 0 Å². The van der Waals surface area contributed by atoms with Crippen molar-refractivity contribution in [3.8, 4) is 11.5 Å². The standard InChI is InChI=1S/C25H32N4O3/c1-5-31-22-8-7-20(16-23(22)32-6-2)25(30)28-13-11-27(12-14-28)17-21-19(4)26-24-15-18(3)9-10-29(21)24/h7-10,15-16H,5-6,11-14,17H2,1-4H3. The van der Waals surface area contributed by atoms with E-state index in [4.69, 9.17) is 14.5 Å². The van der Waals surface area contributed by atoms with E-state index in [1.165, 1.54) is 11.3 Å². The van der Waals surface area contributed by atoms with Crippen LogP contribution in [0.25, 0.3) is 5.65 Å². The summed E-state index contributed by atoms with van der Waals surface area (Å²) in [5, 5.41) is 0. The molecule has 4 rings (SSSR count). The molecule has 0 N–H and O–H groups in total. The van der Waals surface area contributed by atoms with Gasteiger partial charge in [0.05, 0.1) is 24.6 Å². The number of amides is 1. The molecule has 7 heteroatoms. The number of piperazine rings is 1. The van der Waals surface area contributed by atoms with E-state index in [1.54, 1.807) is 6.07 Å². The van der Waals surface area contributed by atoms with Gasteiger partial charge in [-0.2, -0.15) is 0 Å². The van der Waals surface area contributed by atoms with Crippen molar-refractivity contribution in [2.45, 2.75) is 34.2 Å². The molecule has 2 aromatic heterocycles. The van der Waals surface area contributed by atoms with Gasteiger partial charge in [-0.15, -0.1) is 0 Å². The van der Waals surface area contributed by atoms with E-state index in [1.807, 2.05) is 30.9 Å². The van der Waals surface area contributed by atoms with Crippen molar-refractivity contribution in [2.75, 3.05) is 39.4 Å². The first-order chi connectivity index (χ1) is 15.5. The van der Waals surface area contributed by atoms with E-state index in [9.17, 15) is 4.79 Å². The Hall–Kier alpha value is -3.06. The Morgan fingerprint density at radius 1 is 0.969 bits per heavy atom. The Labute approximate surface area is 189 Å². The molecule has 1 saturated heterocycles. The smallest absolute Gasteiger partial charge is 0.254 e. The van der Waals surface area contributed by atoms with Crippen LogP contribution in [0.15, 0.2) is 36.5 Å². The Morgan fingerprint density at radius 2 is 1.69 bits per heavy atom. The van der Waals surface area contributed by atoms with Crippen LogP contribution in [0, 0.1) is 13.8 Å². The summed E-state index contributed by atoms with van der Waals surface area (Å²) in [5.74, 6) is 1.33. The molecule has 0 atom stereocenters. The lowest BCUT2D eigenvalue weighted by Gasteiger charge is -2.34. The summed E-state index contributed by atoms with van der Waals surface area (Å²) in [6, 6.07) is 9.67. The molecule has 1 aliphatic heterocycles. The monoisotopic (exact) mass is 436 g/mol. The van der Waals surface area contributed by atoms with E-state index < -0.39 is 0 Å². The molecule has 32 heavy (non-hydrogen) atoms. The number of fused-ring (bicyclic) bond motifs is 1. The SMILES string of the molecule is CCOc1ccc(C(=O)N2CCN(Cc3c(C)nc4cc(C)ccn34)CC2)cc1OCC. The van der Waals surface area contributed by atoms with Crippen LogP contribution < -0.4 is 9.47 Å². The Kier molecular flexibility index (Phi) is 6.65. The minimum absolute atomic E-state index is 0.0371. The summed E-state index contributed by atoms with van der Waals surface area (Å²) in [4.78, 5) is 22.1. The van der Waals surface area contributed by atoms with Gasteiger partial charge in [-0.25, -0.2) is 4.98 Å². The number of pyridine rings is 1. The lowest BCUT2D eigenvalue weighted by Crippen LogP contribution is -2.48. The Balaban J connectivity index is 1.41. The highest BCUT2D eigenvalue weighted by atomic mass is 16.5. The molecule has 0 unspecified atom stereocenters. The highest BCUT2D eigenvalue weighted by Crippen LogP contribution is 2.29. The first-order valence-corrected chi connectivity index (χ1v) is 11.4. The van der Waals surface area contributed by atoms with Gasteiger partial charge in [0.2, 0.25) is 0 Å². The molecule has 7 nitrogen and oxygen atoms in total. The molecule has 0 saturated carbocycles. The van der Waals surface area contributed by atoms with E-state index in [0.29, 0.717) is 43.4 Å². The van der Waals surface area contributed by atoms with Crippen LogP contribution in [-0.2, 0) is 6.54 Å². The van der Waals surface area contributed by atoms with E-state index in [0.717, 1.165) is 31.0 Å². The predicted octanol–water partition coefficient (Wildman–Crippen LogP) is 3.71. The van der Waals surface area contributed by atoms with Crippen molar-refractivity contribution >= 4 is 11.6 Å². The van der Waals surface area contributed by atoms with Crippen molar-refractivity contribution in [1.29, 1.82) is 0 Å². The van der Waals surface area contributed by atoms with Crippen LogP contribution in [0.4, 0.5) is 0 Å². The van der Waals surface area contributed by atoms with Gasteiger partial charge in [-0.1, -0.05) is 0 Å². The van der Waals surface area contributed by atoms with Gasteiger partial charge >= 0.3 is 0 Å². The van der Waals surface area contributed by atoms with Crippen LogP contribution in [-0.4, -0.2) is 64.5 Å². The molecule has 0 spiro atoms. The lowest BCUT2D eigenvalue weighted by molar-refractivity contribution is 0.0626. The second-order valence-electron chi connectivity index (χ2n) is 8.17. The zero-order valence-corrected chi connectivity index (χ0v) is 19.4. The number of aryl methyl sites for hydroxylation is 2. The fourth-order valence-corrected chi connectivity index (χ4v) is 4.19. The highest BCUT2D eigenvalue weighted by molar-refractivity contribution is 5.95. The van der Waals surface area contributed by atoms with Gasteiger partial charge in [0.25, 0.3) is 5.91 Å². The number of aromatic nitrogens is 2. The van der Waals surface area contributed by atoms with Gasteiger partial charge in [-0.3, -0.25) is 9.69 Å². The summed E-state index contributed by atoms with van der Waals surface area (Å²) in [6.07, 6.45) is 2.10. The minimum atomic E-state index is 0.0371. The number of hydrogen-bond donors (Lipinski definition) is 0. The van der Waals surface area contributed by atoms with Gasteiger partial charge in [0.1, 0.15) is 5.65 Å². The number of carbonyl (C=O) groups is 1. The van der Waals surface area contributed by atoms with Gasteiger partial charge in [0, 0.05) is 44.5 Å².